The zero-order chi connectivity index (χ0) is 46.6. The summed E-state index contributed by atoms with van der Waals surface area (Å²) in [4.78, 5) is 107. The summed E-state index contributed by atoms with van der Waals surface area (Å²) in [6.45, 7) is 7.50. The van der Waals surface area contributed by atoms with Crippen LogP contribution in [0.5, 0.6) is 11.5 Å². The van der Waals surface area contributed by atoms with E-state index < -0.39 is 29.4 Å². The third-order valence-corrected chi connectivity index (χ3v) is 13.0. The van der Waals surface area contributed by atoms with Gasteiger partial charge in [0.1, 0.15) is 18.1 Å². The highest BCUT2D eigenvalue weighted by molar-refractivity contribution is 6.12. The first-order valence-electron chi connectivity index (χ1n) is 22.6. The highest BCUT2D eigenvalue weighted by Crippen LogP contribution is 2.43. The fourth-order valence-corrected chi connectivity index (χ4v) is 9.06. The van der Waals surface area contributed by atoms with Crippen molar-refractivity contribution < 1.29 is 52.9 Å². The molecule has 1 aliphatic carbocycles. The number of amides is 4. The van der Waals surface area contributed by atoms with Crippen LogP contribution >= 0.6 is 0 Å². The van der Waals surface area contributed by atoms with Crippen molar-refractivity contribution in [3.63, 3.8) is 0 Å². The smallest absolute Gasteiger partial charge is 0.254 e. The van der Waals surface area contributed by atoms with Gasteiger partial charge in [0.2, 0.25) is 18.6 Å². The number of pyridine rings is 2. The number of aryl methyl sites for hydroxylation is 1. The molecule has 4 amide bonds. The zero-order valence-electron chi connectivity index (χ0n) is 37.4. The van der Waals surface area contributed by atoms with Gasteiger partial charge in [-0.15, -0.1) is 0 Å². The van der Waals surface area contributed by atoms with E-state index in [0.29, 0.717) is 97.8 Å². The van der Waals surface area contributed by atoms with Gasteiger partial charge in [-0.3, -0.25) is 43.3 Å². The number of unbranched alkanes of at least 4 members (excludes halogenated alkanes) is 3. The van der Waals surface area contributed by atoms with E-state index in [4.69, 9.17) is 19.2 Å². The molecule has 7 rings (SSSR count). The number of hydrogen-bond donors (Lipinski definition) is 3. The first-order chi connectivity index (χ1) is 31.1. The Morgan fingerprint density at radius 2 is 1.60 bits per heavy atom. The van der Waals surface area contributed by atoms with Crippen molar-refractivity contribution in [1.29, 1.82) is 0 Å². The Labute approximate surface area is 376 Å². The summed E-state index contributed by atoms with van der Waals surface area (Å²) in [5.74, 6) is -2.33. The number of carbonyl (C=O) groups excluding carboxylic acids is 7. The Hall–Kier alpha value is -6.07. The van der Waals surface area contributed by atoms with E-state index in [0.717, 1.165) is 21.4 Å². The van der Waals surface area contributed by atoms with E-state index in [1.807, 2.05) is 12.1 Å². The summed E-state index contributed by atoms with van der Waals surface area (Å²) in [6.07, 6.45) is 6.96. The minimum Gasteiger partial charge on any atom is -0.454 e. The van der Waals surface area contributed by atoms with Crippen molar-refractivity contribution in [2.45, 2.75) is 123 Å². The van der Waals surface area contributed by atoms with E-state index in [1.165, 1.54) is 12.2 Å². The Morgan fingerprint density at radius 3 is 2.34 bits per heavy atom. The highest BCUT2D eigenvalue weighted by Gasteiger charge is 2.43. The standard InChI is InChI=1S/C48H57N5O12/c1-5-48(62)35-22-37-44-34(24-53(37)47(61)32(35)13-14-41(48)56)31(33-21-39-40(65-26-64-39)23-36(33)51-44)12-8-10-18-63-25-49-45(59)28(3)20-38(55)29(4)50-46(60)27(2)19-30(54)11-7-6-9-17-52-42(57)15-16-43(52)58/h15-16,21-23,27-29,62H,5-14,17-20,24-26H2,1-4H3,(H,49,59)(H,50,60)/t27-,28-,29+,48+/m1/s1. The Bertz CT molecular complexity index is 2510. The molecule has 65 heavy (non-hydrogen) atoms. The maximum absolute atomic E-state index is 13.9. The van der Waals surface area contributed by atoms with Crippen LogP contribution in [0.2, 0.25) is 0 Å². The summed E-state index contributed by atoms with van der Waals surface area (Å²) in [6, 6.07) is 4.65. The number of aromatic nitrogens is 2. The first-order valence-corrected chi connectivity index (χ1v) is 22.6. The molecule has 0 bridgehead atoms. The minimum absolute atomic E-state index is 0.0172. The maximum atomic E-state index is 13.9. The van der Waals surface area contributed by atoms with Crippen LogP contribution in [0.1, 0.15) is 114 Å². The quantitative estimate of drug-likeness (QED) is 0.0579. The average molecular weight is 896 g/mol. The van der Waals surface area contributed by atoms with Gasteiger partial charge in [-0.1, -0.05) is 27.2 Å². The average Bonchev–Trinajstić information content (AvgIpc) is 3.99. The van der Waals surface area contributed by atoms with Crippen LogP contribution < -0.4 is 25.7 Å². The minimum atomic E-state index is -1.72. The fraction of sp³-hybridized carbons (Fsp3) is 0.521. The van der Waals surface area contributed by atoms with Gasteiger partial charge < -0.3 is 34.5 Å². The number of imide groups is 1. The zero-order valence-corrected chi connectivity index (χ0v) is 37.4. The number of ether oxygens (including phenoxy) is 3. The Morgan fingerprint density at radius 1 is 0.877 bits per heavy atom. The van der Waals surface area contributed by atoms with E-state index in [2.05, 4.69) is 10.6 Å². The summed E-state index contributed by atoms with van der Waals surface area (Å²) >= 11 is 0. The number of aliphatic hydroxyl groups is 1. The lowest BCUT2D eigenvalue weighted by molar-refractivity contribution is -0.140. The largest absolute Gasteiger partial charge is 0.454 e. The fourth-order valence-electron chi connectivity index (χ4n) is 9.06. The summed E-state index contributed by atoms with van der Waals surface area (Å²) < 4.78 is 18.8. The molecule has 0 spiro atoms. The van der Waals surface area contributed by atoms with Crippen LogP contribution in [0.4, 0.5) is 0 Å². The van der Waals surface area contributed by atoms with Gasteiger partial charge >= 0.3 is 0 Å². The predicted molar refractivity (Wildman–Crippen MR) is 236 cm³/mol. The molecule has 0 saturated carbocycles. The number of rotatable bonds is 22. The van der Waals surface area contributed by atoms with Crippen molar-refractivity contribution in [1.82, 2.24) is 25.1 Å². The van der Waals surface area contributed by atoms with Crippen molar-refractivity contribution in [3.8, 4) is 22.9 Å². The molecule has 0 radical (unpaired) electrons. The SMILES string of the molecule is CC[C@@]1(O)C(=O)CCc2c1cc1n(c2=O)Cc2c-1nc1cc3c(cc1c2CCCCOCNC(=O)[C@H](C)CC(=O)[C@H](C)NC(=O)[C@H](C)CC(=O)CCCCCN1C(=O)C=CC1=O)OCO3. The van der Waals surface area contributed by atoms with Crippen LogP contribution in [0, 0.1) is 11.8 Å². The van der Waals surface area contributed by atoms with Gasteiger partial charge in [0.15, 0.2) is 23.1 Å². The van der Waals surface area contributed by atoms with Gasteiger partial charge in [-0.25, -0.2) is 4.98 Å². The van der Waals surface area contributed by atoms with E-state index in [1.54, 1.807) is 38.3 Å². The highest BCUT2D eigenvalue weighted by atomic mass is 16.7. The van der Waals surface area contributed by atoms with Gasteiger partial charge in [0, 0.05) is 91.0 Å². The molecule has 4 atom stereocenters. The monoisotopic (exact) mass is 895 g/mol. The number of ketones is 3. The summed E-state index contributed by atoms with van der Waals surface area (Å²) in [5.41, 5.74) is 2.63. The van der Waals surface area contributed by atoms with Crippen molar-refractivity contribution in [2.24, 2.45) is 11.8 Å². The van der Waals surface area contributed by atoms with Crippen LogP contribution in [0.3, 0.4) is 0 Å². The number of hydrogen-bond acceptors (Lipinski definition) is 13. The Kier molecular flexibility index (Phi) is 14.4. The second-order valence-corrected chi connectivity index (χ2v) is 17.6. The lowest BCUT2D eigenvalue weighted by Gasteiger charge is -2.32. The number of fused-ring (bicyclic) bond motifs is 6. The van der Waals surface area contributed by atoms with Crippen LogP contribution in [0.25, 0.3) is 22.3 Å². The molecule has 3 N–H and O–H groups in total. The van der Waals surface area contributed by atoms with Crippen molar-refractivity contribution >= 4 is 51.9 Å². The second-order valence-electron chi connectivity index (χ2n) is 17.6. The number of Topliss-reactive ketones (excluding diaryl/α,β-unsaturated/α-hetero) is 3. The lowest BCUT2D eigenvalue weighted by atomic mass is 9.77. The molecule has 0 saturated heterocycles. The van der Waals surface area contributed by atoms with E-state index in [-0.39, 0.29) is 92.7 Å². The van der Waals surface area contributed by atoms with Crippen LogP contribution in [-0.2, 0) is 63.3 Å². The summed E-state index contributed by atoms with van der Waals surface area (Å²) in [7, 11) is 0. The summed E-state index contributed by atoms with van der Waals surface area (Å²) in [5, 5.41) is 17.7. The van der Waals surface area contributed by atoms with Crippen molar-refractivity contribution in [2.75, 3.05) is 26.7 Å². The predicted octanol–water partition coefficient (Wildman–Crippen LogP) is 3.86. The Balaban J connectivity index is 0.848. The molecule has 3 aromatic rings. The first kappa shape index (κ1) is 46.9. The van der Waals surface area contributed by atoms with Gasteiger partial charge in [0.05, 0.1) is 29.5 Å². The molecule has 2 aromatic heterocycles. The number of nitrogens with one attached hydrogen (secondary N) is 2. The van der Waals surface area contributed by atoms with E-state index in [9.17, 15) is 43.5 Å². The molecule has 1 aromatic carbocycles. The third-order valence-electron chi connectivity index (χ3n) is 13.0. The molecule has 4 aliphatic rings. The van der Waals surface area contributed by atoms with Gasteiger partial charge in [0.25, 0.3) is 17.4 Å². The van der Waals surface area contributed by atoms with Gasteiger partial charge in [-0.2, -0.15) is 0 Å². The second kappa shape index (κ2) is 20.0. The van der Waals surface area contributed by atoms with Crippen LogP contribution in [-0.4, -0.2) is 93.3 Å². The molecule has 5 heterocycles. The molecule has 17 heteroatoms. The molecule has 3 aliphatic heterocycles. The molecule has 17 nitrogen and oxygen atoms in total. The number of carbonyl (C=O) groups is 7. The normalized spacial score (nSPS) is 18.4. The molecular formula is C48H57N5O12. The number of benzene rings is 1. The van der Waals surface area contributed by atoms with Gasteiger partial charge in [-0.05, 0) is 69.6 Å². The van der Waals surface area contributed by atoms with Crippen molar-refractivity contribution in [3.05, 3.63) is 63.0 Å². The third kappa shape index (κ3) is 9.95. The lowest BCUT2D eigenvalue weighted by Crippen LogP contribution is -2.43. The van der Waals surface area contributed by atoms with Crippen LogP contribution in [0.15, 0.2) is 35.1 Å². The molecular weight excluding hydrogens is 839 g/mol. The maximum Gasteiger partial charge on any atom is 0.254 e. The number of nitrogens with zero attached hydrogens (tertiary/aromatic N) is 3. The molecule has 0 fully saturated rings. The van der Waals surface area contributed by atoms with E-state index >= 15 is 0 Å². The molecule has 346 valence electrons. The molecule has 0 unspecified atom stereocenters. The topological polar surface area (TPSA) is 230 Å².